The van der Waals surface area contributed by atoms with Crippen molar-refractivity contribution in [2.75, 3.05) is 11.6 Å². The predicted molar refractivity (Wildman–Crippen MR) is 103 cm³/mol. The third-order valence-electron chi connectivity index (χ3n) is 3.67. The van der Waals surface area contributed by atoms with Gasteiger partial charge in [0.05, 0.1) is 0 Å². The van der Waals surface area contributed by atoms with E-state index >= 15 is 0 Å². The molecular formula is C21H19NO2S. The van der Waals surface area contributed by atoms with Crippen LogP contribution in [0.1, 0.15) is 15.9 Å². The molecular weight excluding hydrogens is 330 g/mol. The molecule has 0 aliphatic heterocycles. The number of carbonyl (C=O) groups excluding carboxylic acids is 1. The first-order chi connectivity index (χ1) is 12.2. The fraction of sp³-hybridized carbons (Fsp3) is 0.0952. The van der Waals surface area contributed by atoms with Crippen LogP contribution < -0.4 is 10.1 Å². The number of hydrogen-bond donors (Lipinski definition) is 1. The smallest absolute Gasteiger partial charge is 0.255 e. The minimum absolute atomic E-state index is 0.150. The lowest BCUT2D eigenvalue weighted by molar-refractivity contribution is 0.102. The molecule has 3 aromatic carbocycles. The summed E-state index contributed by atoms with van der Waals surface area (Å²) in [7, 11) is 0. The topological polar surface area (TPSA) is 38.3 Å². The second kappa shape index (κ2) is 8.40. The molecule has 4 heteroatoms. The van der Waals surface area contributed by atoms with Crippen molar-refractivity contribution in [2.24, 2.45) is 0 Å². The van der Waals surface area contributed by atoms with Crippen molar-refractivity contribution in [3.8, 4) is 5.75 Å². The van der Waals surface area contributed by atoms with Crippen molar-refractivity contribution < 1.29 is 9.53 Å². The van der Waals surface area contributed by atoms with Gasteiger partial charge in [-0.25, -0.2) is 0 Å². The van der Waals surface area contributed by atoms with Crippen LogP contribution in [-0.2, 0) is 6.61 Å². The maximum Gasteiger partial charge on any atom is 0.255 e. The maximum atomic E-state index is 12.5. The second-order valence-corrected chi connectivity index (χ2v) is 6.37. The molecule has 0 saturated heterocycles. The van der Waals surface area contributed by atoms with Crippen molar-refractivity contribution in [3.63, 3.8) is 0 Å². The number of carbonyl (C=O) groups is 1. The number of rotatable bonds is 6. The summed E-state index contributed by atoms with van der Waals surface area (Å²) in [6.07, 6.45) is 2.01. The van der Waals surface area contributed by atoms with Crippen LogP contribution in [0.4, 0.5) is 5.69 Å². The zero-order valence-corrected chi connectivity index (χ0v) is 14.8. The lowest BCUT2D eigenvalue weighted by Crippen LogP contribution is -2.12. The Morgan fingerprint density at radius 3 is 2.56 bits per heavy atom. The molecule has 126 valence electrons. The highest BCUT2D eigenvalue weighted by atomic mass is 32.2. The van der Waals surface area contributed by atoms with Gasteiger partial charge in [0.25, 0.3) is 5.91 Å². The molecule has 3 aromatic rings. The van der Waals surface area contributed by atoms with Crippen LogP contribution in [0, 0.1) is 0 Å². The van der Waals surface area contributed by atoms with Crippen molar-refractivity contribution in [2.45, 2.75) is 11.5 Å². The minimum atomic E-state index is -0.150. The number of nitrogens with one attached hydrogen (secondary N) is 1. The summed E-state index contributed by atoms with van der Waals surface area (Å²) in [6.45, 7) is 0.474. The minimum Gasteiger partial charge on any atom is -0.489 e. The lowest BCUT2D eigenvalue weighted by Gasteiger charge is -2.09. The predicted octanol–water partition coefficient (Wildman–Crippen LogP) is 5.24. The Labute approximate surface area is 152 Å². The van der Waals surface area contributed by atoms with E-state index in [1.807, 2.05) is 73.0 Å². The van der Waals surface area contributed by atoms with Crippen molar-refractivity contribution in [1.29, 1.82) is 0 Å². The van der Waals surface area contributed by atoms with E-state index in [4.69, 9.17) is 4.74 Å². The summed E-state index contributed by atoms with van der Waals surface area (Å²) in [6, 6.07) is 25.0. The molecule has 0 fully saturated rings. The van der Waals surface area contributed by atoms with Crippen LogP contribution in [0.15, 0.2) is 83.8 Å². The van der Waals surface area contributed by atoms with Crippen LogP contribution in [0.5, 0.6) is 5.75 Å². The van der Waals surface area contributed by atoms with E-state index in [0.717, 1.165) is 16.1 Å². The SMILES string of the molecule is CSc1cccc(NC(=O)c2cccc(OCc3ccccc3)c2)c1. The van der Waals surface area contributed by atoms with Gasteiger partial charge in [-0.1, -0.05) is 42.5 Å². The number of amides is 1. The Balaban J connectivity index is 1.66. The number of hydrogen-bond acceptors (Lipinski definition) is 3. The molecule has 0 spiro atoms. The van der Waals surface area contributed by atoms with Gasteiger partial charge in [-0.2, -0.15) is 0 Å². The molecule has 25 heavy (non-hydrogen) atoms. The molecule has 0 heterocycles. The average molecular weight is 349 g/mol. The van der Waals surface area contributed by atoms with E-state index < -0.39 is 0 Å². The van der Waals surface area contributed by atoms with Crippen molar-refractivity contribution in [3.05, 3.63) is 90.0 Å². The molecule has 0 aromatic heterocycles. The summed E-state index contributed by atoms with van der Waals surface area (Å²) < 4.78 is 5.79. The first-order valence-corrected chi connectivity index (χ1v) is 9.19. The Morgan fingerprint density at radius 1 is 0.960 bits per heavy atom. The first kappa shape index (κ1) is 17.1. The monoisotopic (exact) mass is 349 g/mol. The van der Waals surface area contributed by atoms with Crippen LogP contribution in [-0.4, -0.2) is 12.2 Å². The summed E-state index contributed by atoms with van der Waals surface area (Å²) in [5, 5.41) is 2.93. The summed E-state index contributed by atoms with van der Waals surface area (Å²) in [5.74, 6) is 0.526. The van der Waals surface area contributed by atoms with Crippen LogP contribution in [0.25, 0.3) is 0 Å². The third kappa shape index (κ3) is 4.88. The van der Waals surface area contributed by atoms with Crippen molar-refractivity contribution in [1.82, 2.24) is 0 Å². The maximum absolute atomic E-state index is 12.5. The van der Waals surface area contributed by atoms with E-state index in [0.29, 0.717) is 17.9 Å². The van der Waals surface area contributed by atoms with Gasteiger partial charge < -0.3 is 10.1 Å². The van der Waals surface area contributed by atoms with E-state index in [9.17, 15) is 4.79 Å². The molecule has 0 atom stereocenters. The van der Waals surface area contributed by atoms with Gasteiger partial charge >= 0.3 is 0 Å². The van der Waals surface area contributed by atoms with Gasteiger partial charge in [0.2, 0.25) is 0 Å². The van der Waals surface area contributed by atoms with Gasteiger partial charge in [-0.15, -0.1) is 11.8 Å². The summed E-state index contributed by atoms with van der Waals surface area (Å²) >= 11 is 1.64. The van der Waals surface area contributed by atoms with Gasteiger partial charge in [-0.3, -0.25) is 4.79 Å². The van der Waals surface area contributed by atoms with Crippen LogP contribution in [0.3, 0.4) is 0 Å². The third-order valence-corrected chi connectivity index (χ3v) is 4.40. The molecule has 0 saturated carbocycles. The zero-order chi connectivity index (χ0) is 17.5. The highest BCUT2D eigenvalue weighted by Gasteiger charge is 2.08. The zero-order valence-electron chi connectivity index (χ0n) is 13.9. The fourth-order valence-corrected chi connectivity index (χ4v) is 2.83. The Hall–Kier alpha value is -2.72. The molecule has 0 radical (unpaired) electrons. The molecule has 0 aliphatic rings. The quantitative estimate of drug-likeness (QED) is 0.619. The standard InChI is InChI=1S/C21H19NO2S/c1-25-20-12-6-10-18(14-20)22-21(23)17-9-5-11-19(13-17)24-15-16-7-3-2-4-8-16/h2-14H,15H2,1H3,(H,22,23). The molecule has 3 rings (SSSR count). The van der Waals surface area contributed by atoms with Crippen LogP contribution >= 0.6 is 11.8 Å². The summed E-state index contributed by atoms with van der Waals surface area (Å²) in [4.78, 5) is 13.6. The number of thioether (sulfide) groups is 1. The first-order valence-electron chi connectivity index (χ1n) is 7.97. The Bertz CT molecular complexity index is 849. The second-order valence-electron chi connectivity index (χ2n) is 5.49. The number of ether oxygens (including phenoxy) is 1. The van der Waals surface area contributed by atoms with Gasteiger partial charge in [0.15, 0.2) is 0 Å². The highest BCUT2D eigenvalue weighted by Crippen LogP contribution is 2.20. The van der Waals surface area contributed by atoms with Gasteiger partial charge in [0.1, 0.15) is 12.4 Å². The number of anilines is 1. The average Bonchev–Trinajstić information content (AvgIpc) is 2.67. The molecule has 0 unspecified atom stereocenters. The summed E-state index contributed by atoms with van der Waals surface area (Å²) in [5.41, 5.74) is 2.44. The van der Waals surface area contributed by atoms with E-state index in [1.54, 1.807) is 23.9 Å². The molecule has 0 aliphatic carbocycles. The van der Waals surface area contributed by atoms with Gasteiger partial charge in [0, 0.05) is 16.1 Å². The normalized spacial score (nSPS) is 10.3. The van der Waals surface area contributed by atoms with Gasteiger partial charge in [-0.05, 0) is 48.2 Å². The number of benzene rings is 3. The molecule has 3 nitrogen and oxygen atoms in total. The largest absolute Gasteiger partial charge is 0.489 e. The molecule has 1 N–H and O–H groups in total. The fourth-order valence-electron chi connectivity index (χ4n) is 2.37. The molecule has 0 bridgehead atoms. The molecule has 1 amide bonds. The van der Waals surface area contributed by atoms with E-state index in [-0.39, 0.29) is 5.91 Å². The van der Waals surface area contributed by atoms with E-state index in [2.05, 4.69) is 5.32 Å². The highest BCUT2D eigenvalue weighted by molar-refractivity contribution is 7.98. The van der Waals surface area contributed by atoms with E-state index in [1.165, 1.54) is 0 Å². The Kier molecular flexibility index (Phi) is 5.75. The lowest BCUT2D eigenvalue weighted by atomic mass is 10.2. The van der Waals surface area contributed by atoms with Crippen molar-refractivity contribution >= 4 is 23.4 Å². The Morgan fingerprint density at radius 2 is 1.76 bits per heavy atom. The van der Waals surface area contributed by atoms with Crippen LogP contribution in [0.2, 0.25) is 0 Å².